The Morgan fingerprint density at radius 1 is 1.38 bits per heavy atom. The van der Waals surface area contributed by atoms with Crippen LogP contribution >= 0.6 is 0 Å². The van der Waals surface area contributed by atoms with Gasteiger partial charge in [0.25, 0.3) is 0 Å². The van der Waals surface area contributed by atoms with E-state index in [4.69, 9.17) is 5.26 Å². The number of hydrogen-bond donors (Lipinski definition) is 1. The Labute approximate surface area is 126 Å². The van der Waals surface area contributed by atoms with E-state index in [2.05, 4.69) is 25.2 Å². The normalized spacial score (nSPS) is 15.1. The maximum Gasteiger partial charge on any atom is 0.227 e. The molecule has 4 nitrogen and oxygen atoms in total. The minimum absolute atomic E-state index is 0.0534. The van der Waals surface area contributed by atoms with Crippen LogP contribution in [-0.2, 0) is 4.79 Å². The summed E-state index contributed by atoms with van der Waals surface area (Å²) < 4.78 is 0. The van der Waals surface area contributed by atoms with Crippen molar-refractivity contribution in [3.05, 3.63) is 24.3 Å². The second kappa shape index (κ2) is 6.62. The summed E-state index contributed by atoms with van der Waals surface area (Å²) in [6.07, 6.45) is 3.01. The summed E-state index contributed by atoms with van der Waals surface area (Å²) in [6.45, 7) is 5.89. The Bertz CT molecular complexity index is 545. The topological polar surface area (TPSA) is 56.1 Å². The van der Waals surface area contributed by atoms with Gasteiger partial charge in [-0.05, 0) is 30.4 Å². The number of para-hydroxylation sites is 2. The van der Waals surface area contributed by atoms with Crippen molar-refractivity contribution in [1.29, 1.82) is 5.26 Å². The van der Waals surface area contributed by atoms with Gasteiger partial charge in [0.15, 0.2) is 0 Å². The van der Waals surface area contributed by atoms with Gasteiger partial charge < -0.3 is 10.2 Å². The van der Waals surface area contributed by atoms with Crippen LogP contribution in [0.3, 0.4) is 0 Å². The molecule has 1 fully saturated rings. The number of benzene rings is 1. The number of nitriles is 1. The number of carbonyl (C=O) groups excluding carboxylic acids is 1. The predicted molar refractivity (Wildman–Crippen MR) is 85.1 cm³/mol. The molecular formula is C17H23N3O. The van der Waals surface area contributed by atoms with Gasteiger partial charge in [0.05, 0.1) is 17.4 Å². The van der Waals surface area contributed by atoms with Crippen molar-refractivity contribution in [2.75, 3.05) is 23.3 Å². The number of anilines is 2. The Kier molecular flexibility index (Phi) is 4.85. The third-order valence-electron chi connectivity index (χ3n) is 3.94. The number of rotatable bonds is 6. The molecule has 1 N–H and O–H groups in total. The maximum absolute atomic E-state index is 11.9. The lowest BCUT2D eigenvalue weighted by Crippen LogP contribution is -2.27. The quantitative estimate of drug-likeness (QED) is 0.869. The van der Waals surface area contributed by atoms with Crippen LogP contribution in [-0.4, -0.2) is 19.0 Å². The average molecular weight is 285 g/mol. The highest BCUT2D eigenvalue weighted by atomic mass is 16.2. The Morgan fingerprint density at radius 2 is 2.14 bits per heavy atom. The van der Waals surface area contributed by atoms with E-state index in [1.165, 1.54) is 0 Å². The summed E-state index contributed by atoms with van der Waals surface area (Å²) in [5.41, 5.74) is 2.02. The summed E-state index contributed by atoms with van der Waals surface area (Å²) in [5, 5.41) is 12.2. The highest BCUT2D eigenvalue weighted by Gasteiger charge is 2.24. The number of carbonyl (C=O) groups is 1. The van der Waals surface area contributed by atoms with Crippen molar-refractivity contribution in [2.24, 2.45) is 5.41 Å². The zero-order chi connectivity index (χ0) is 15.3. The van der Waals surface area contributed by atoms with E-state index in [-0.39, 0.29) is 11.3 Å². The molecule has 0 bridgehead atoms. The first-order chi connectivity index (χ1) is 10.0. The van der Waals surface area contributed by atoms with Crippen LogP contribution < -0.4 is 10.2 Å². The van der Waals surface area contributed by atoms with Gasteiger partial charge in [0.1, 0.15) is 0 Å². The van der Waals surface area contributed by atoms with Gasteiger partial charge in [-0.1, -0.05) is 26.0 Å². The Morgan fingerprint density at radius 3 is 2.81 bits per heavy atom. The monoisotopic (exact) mass is 285 g/mol. The lowest BCUT2D eigenvalue weighted by Gasteiger charge is -2.27. The Balaban J connectivity index is 2.07. The van der Waals surface area contributed by atoms with Gasteiger partial charge in [-0.2, -0.15) is 5.26 Å². The van der Waals surface area contributed by atoms with Crippen molar-refractivity contribution in [3.8, 4) is 6.07 Å². The second-order valence-electron chi connectivity index (χ2n) is 6.34. The van der Waals surface area contributed by atoms with E-state index in [0.717, 1.165) is 37.3 Å². The minimum Gasteiger partial charge on any atom is -0.383 e. The smallest absolute Gasteiger partial charge is 0.227 e. The van der Waals surface area contributed by atoms with Crippen LogP contribution in [0.4, 0.5) is 11.4 Å². The van der Waals surface area contributed by atoms with Crippen molar-refractivity contribution in [3.63, 3.8) is 0 Å². The SMILES string of the molecule is CC(C)(CCC#N)CNc1ccccc1N1CCCC1=O. The molecule has 4 heteroatoms. The van der Waals surface area contributed by atoms with Gasteiger partial charge in [-0.25, -0.2) is 0 Å². The first-order valence-corrected chi connectivity index (χ1v) is 7.54. The lowest BCUT2D eigenvalue weighted by atomic mass is 9.88. The molecule has 0 atom stereocenters. The van der Waals surface area contributed by atoms with Crippen LogP contribution in [0.2, 0.25) is 0 Å². The molecule has 0 unspecified atom stereocenters. The van der Waals surface area contributed by atoms with Gasteiger partial charge in [-0.3, -0.25) is 4.79 Å². The fraction of sp³-hybridized carbons (Fsp3) is 0.529. The molecule has 1 aliphatic rings. The summed E-state index contributed by atoms with van der Waals surface area (Å²) in [6, 6.07) is 10.2. The predicted octanol–water partition coefficient (Wildman–Crippen LogP) is 3.56. The number of amides is 1. The van der Waals surface area contributed by atoms with Crippen molar-refractivity contribution >= 4 is 17.3 Å². The van der Waals surface area contributed by atoms with Gasteiger partial charge in [0.2, 0.25) is 5.91 Å². The van der Waals surface area contributed by atoms with E-state index in [1.807, 2.05) is 29.2 Å². The molecule has 0 aromatic heterocycles. The molecule has 1 amide bonds. The largest absolute Gasteiger partial charge is 0.383 e. The standard InChI is InChI=1S/C17H23N3O/c1-17(2,10-6-11-18)13-19-14-7-3-4-8-15(14)20-12-5-9-16(20)21/h3-4,7-8,19H,5-6,9-10,12-13H2,1-2H3. The van der Waals surface area contributed by atoms with Gasteiger partial charge >= 0.3 is 0 Å². The molecule has 21 heavy (non-hydrogen) atoms. The molecule has 1 aromatic carbocycles. The molecule has 1 saturated heterocycles. The van der Waals surface area contributed by atoms with Gasteiger partial charge in [-0.15, -0.1) is 0 Å². The molecule has 1 aliphatic heterocycles. The molecular weight excluding hydrogens is 262 g/mol. The van der Waals surface area contributed by atoms with E-state index in [1.54, 1.807) is 0 Å². The van der Waals surface area contributed by atoms with Crippen molar-refractivity contribution in [1.82, 2.24) is 0 Å². The highest BCUT2D eigenvalue weighted by Crippen LogP contribution is 2.31. The molecule has 1 heterocycles. The molecule has 2 rings (SSSR count). The minimum atomic E-state index is 0.0534. The molecule has 0 saturated carbocycles. The zero-order valence-corrected chi connectivity index (χ0v) is 12.9. The second-order valence-corrected chi connectivity index (χ2v) is 6.34. The van der Waals surface area contributed by atoms with Crippen LogP contribution in [0.5, 0.6) is 0 Å². The molecule has 112 valence electrons. The lowest BCUT2D eigenvalue weighted by molar-refractivity contribution is -0.117. The van der Waals surface area contributed by atoms with Crippen LogP contribution in [0, 0.1) is 16.7 Å². The van der Waals surface area contributed by atoms with Gasteiger partial charge in [0, 0.05) is 25.9 Å². The summed E-state index contributed by atoms with van der Waals surface area (Å²) in [4.78, 5) is 13.8. The Hall–Kier alpha value is -2.02. The maximum atomic E-state index is 11.9. The first kappa shape index (κ1) is 15.4. The molecule has 1 aromatic rings. The third-order valence-corrected chi connectivity index (χ3v) is 3.94. The van der Waals surface area contributed by atoms with E-state index in [9.17, 15) is 4.79 Å². The first-order valence-electron chi connectivity index (χ1n) is 7.54. The number of hydrogen-bond acceptors (Lipinski definition) is 3. The van der Waals surface area contributed by atoms with E-state index < -0.39 is 0 Å². The van der Waals surface area contributed by atoms with E-state index >= 15 is 0 Å². The fourth-order valence-corrected chi connectivity index (χ4v) is 2.58. The fourth-order valence-electron chi connectivity index (χ4n) is 2.58. The number of nitrogens with zero attached hydrogens (tertiary/aromatic N) is 2. The van der Waals surface area contributed by atoms with Crippen molar-refractivity contribution in [2.45, 2.75) is 39.5 Å². The summed E-state index contributed by atoms with van der Waals surface area (Å²) >= 11 is 0. The van der Waals surface area contributed by atoms with Crippen LogP contribution in [0.1, 0.15) is 39.5 Å². The summed E-state index contributed by atoms with van der Waals surface area (Å²) in [7, 11) is 0. The van der Waals surface area contributed by atoms with Crippen molar-refractivity contribution < 1.29 is 4.79 Å². The van der Waals surface area contributed by atoms with E-state index in [0.29, 0.717) is 12.8 Å². The van der Waals surface area contributed by atoms with Crippen LogP contribution in [0.25, 0.3) is 0 Å². The van der Waals surface area contributed by atoms with Crippen LogP contribution in [0.15, 0.2) is 24.3 Å². The average Bonchev–Trinajstić information content (AvgIpc) is 2.89. The summed E-state index contributed by atoms with van der Waals surface area (Å²) in [5.74, 6) is 0.202. The zero-order valence-electron chi connectivity index (χ0n) is 12.9. The number of nitrogens with one attached hydrogen (secondary N) is 1. The third kappa shape index (κ3) is 3.98. The molecule has 0 radical (unpaired) electrons. The molecule has 0 spiro atoms. The highest BCUT2D eigenvalue weighted by molar-refractivity contribution is 5.98. The molecule has 0 aliphatic carbocycles.